The van der Waals surface area contributed by atoms with E-state index in [1.165, 1.54) is 4.57 Å². The summed E-state index contributed by atoms with van der Waals surface area (Å²) in [6.45, 7) is 0. The molecule has 2 rings (SSSR count). The lowest BCUT2D eigenvalue weighted by Crippen LogP contribution is -1.93. The largest absolute Gasteiger partial charge is 0.328 e. The van der Waals surface area contributed by atoms with Gasteiger partial charge in [-0.2, -0.15) is 5.26 Å². The minimum absolute atomic E-state index is 0.0447. The van der Waals surface area contributed by atoms with Crippen molar-refractivity contribution in [1.29, 1.82) is 5.26 Å². The first-order valence-corrected chi connectivity index (χ1v) is 7.23. The predicted molar refractivity (Wildman–Crippen MR) is 82.6 cm³/mol. The second-order valence-corrected chi connectivity index (χ2v) is 5.99. The maximum atomic E-state index is 11.1. The van der Waals surface area contributed by atoms with Crippen LogP contribution in [0.3, 0.4) is 0 Å². The smallest absolute Gasteiger partial charge is 0.324 e. The summed E-state index contributed by atoms with van der Waals surface area (Å²) in [5.74, 6) is 0. The van der Waals surface area contributed by atoms with Gasteiger partial charge in [-0.3, -0.25) is 10.1 Å². The zero-order valence-electron chi connectivity index (χ0n) is 10.0. The Morgan fingerprint density at radius 2 is 2.05 bits per heavy atom. The van der Waals surface area contributed by atoms with Crippen LogP contribution < -0.4 is 0 Å². The molecule has 0 saturated carbocycles. The molecule has 0 fully saturated rings. The molecular formula is C12H6Br2ClN3O2. The maximum absolute atomic E-state index is 11.1. The van der Waals surface area contributed by atoms with Gasteiger partial charge in [-0.1, -0.05) is 17.7 Å². The van der Waals surface area contributed by atoms with Crippen molar-refractivity contribution in [2.45, 2.75) is 0 Å². The summed E-state index contributed by atoms with van der Waals surface area (Å²) in [6.07, 6.45) is 0. The van der Waals surface area contributed by atoms with Crippen molar-refractivity contribution >= 4 is 49.1 Å². The van der Waals surface area contributed by atoms with Crippen LogP contribution in [0, 0.1) is 21.4 Å². The van der Waals surface area contributed by atoms with E-state index in [9.17, 15) is 15.4 Å². The van der Waals surface area contributed by atoms with Gasteiger partial charge in [-0.25, -0.2) is 0 Å². The molecule has 0 atom stereocenters. The van der Waals surface area contributed by atoms with Gasteiger partial charge in [-0.15, -0.1) is 0 Å². The van der Waals surface area contributed by atoms with Crippen molar-refractivity contribution in [2.75, 3.05) is 0 Å². The molecule has 0 aliphatic carbocycles. The first-order valence-electron chi connectivity index (χ1n) is 5.26. The van der Waals surface area contributed by atoms with Crippen molar-refractivity contribution in [1.82, 2.24) is 4.57 Å². The van der Waals surface area contributed by atoms with E-state index in [1.807, 2.05) is 6.07 Å². The number of hydrogen-bond donors (Lipinski definition) is 0. The van der Waals surface area contributed by atoms with Crippen LogP contribution in [0.15, 0.2) is 27.1 Å². The van der Waals surface area contributed by atoms with Gasteiger partial charge < -0.3 is 4.57 Å². The van der Waals surface area contributed by atoms with Crippen LogP contribution >= 0.6 is 43.5 Å². The Bertz CT molecular complexity index is 765. The maximum Gasteiger partial charge on any atom is 0.324 e. The lowest BCUT2D eigenvalue weighted by molar-refractivity contribution is -0.384. The van der Waals surface area contributed by atoms with Gasteiger partial charge in [0.05, 0.1) is 10.6 Å². The Morgan fingerprint density at radius 1 is 1.40 bits per heavy atom. The summed E-state index contributed by atoms with van der Waals surface area (Å²) in [6, 6.07) is 7.17. The molecule has 0 unspecified atom stereocenters. The van der Waals surface area contributed by atoms with Crippen molar-refractivity contribution in [3.8, 4) is 17.3 Å². The quantitative estimate of drug-likeness (QED) is 0.525. The summed E-state index contributed by atoms with van der Waals surface area (Å²) in [7, 11) is 1.58. The molecule has 0 bridgehead atoms. The number of nitro groups is 1. The molecule has 0 aliphatic rings. The summed E-state index contributed by atoms with van der Waals surface area (Å²) >= 11 is 12.7. The standard InChI is InChI=1S/C12H6Br2ClN3O2/c1-17-10(6-2-3-8(13)9(14)4-6)7(5-16)11(12(17)15)18(19)20/h2-4H,1H3. The highest BCUT2D eigenvalue weighted by Crippen LogP contribution is 2.39. The molecule has 2 aromatic rings. The molecule has 20 heavy (non-hydrogen) atoms. The lowest BCUT2D eigenvalue weighted by Gasteiger charge is -2.06. The highest BCUT2D eigenvalue weighted by Gasteiger charge is 2.29. The molecule has 1 aromatic carbocycles. The molecule has 1 heterocycles. The monoisotopic (exact) mass is 417 g/mol. The van der Waals surface area contributed by atoms with E-state index in [0.29, 0.717) is 11.3 Å². The predicted octanol–water partition coefficient (Wildman–Crippen LogP) is 4.65. The van der Waals surface area contributed by atoms with Crippen LogP contribution in [0.5, 0.6) is 0 Å². The average Bonchev–Trinajstić information content (AvgIpc) is 2.65. The third-order valence-corrected chi connectivity index (χ3v) is 5.10. The molecule has 0 spiro atoms. The van der Waals surface area contributed by atoms with E-state index in [0.717, 1.165) is 8.95 Å². The van der Waals surface area contributed by atoms with E-state index < -0.39 is 4.92 Å². The summed E-state index contributed by atoms with van der Waals surface area (Å²) in [5.41, 5.74) is 0.661. The number of rotatable bonds is 2. The fraction of sp³-hybridized carbons (Fsp3) is 0.0833. The van der Waals surface area contributed by atoms with Gasteiger partial charge in [0.1, 0.15) is 6.07 Å². The molecule has 0 amide bonds. The van der Waals surface area contributed by atoms with Crippen LogP contribution in [0.25, 0.3) is 11.3 Å². The molecule has 102 valence electrons. The average molecular weight is 419 g/mol. The third kappa shape index (κ3) is 2.35. The topological polar surface area (TPSA) is 71.9 Å². The second-order valence-electron chi connectivity index (χ2n) is 3.92. The van der Waals surface area contributed by atoms with Gasteiger partial charge in [0, 0.05) is 21.6 Å². The van der Waals surface area contributed by atoms with Crippen LogP contribution in [-0.4, -0.2) is 9.49 Å². The van der Waals surface area contributed by atoms with Gasteiger partial charge in [-0.05, 0) is 44.0 Å². The van der Waals surface area contributed by atoms with Gasteiger partial charge >= 0.3 is 5.69 Å². The van der Waals surface area contributed by atoms with Crippen molar-refractivity contribution < 1.29 is 4.92 Å². The Balaban J connectivity index is 2.81. The zero-order valence-corrected chi connectivity index (χ0v) is 14.0. The minimum atomic E-state index is -0.641. The first-order chi connectivity index (χ1) is 9.38. The SMILES string of the molecule is Cn1c(Cl)c([N+](=O)[O-])c(C#N)c1-c1ccc(Br)c(Br)c1. The van der Waals surface area contributed by atoms with E-state index in [-0.39, 0.29) is 16.4 Å². The molecule has 0 N–H and O–H groups in total. The van der Waals surface area contributed by atoms with E-state index in [2.05, 4.69) is 31.9 Å². The molecule has 0 saturated heterocycles. The highest BCUT2D eigenvalue weighted by atomic mass is 79.9. The number of nitrogens with zero attached hydrogens (tertiary/aromatic N) is 3. The van der Waals surface area contributed by atoms with E-state index in [4.69, 9.17) is 11.6 Å². The molecule has 8 heteroatoms. The third-order valence-electron chi connectivity index (χ3n) is 2.79. The number of benzene rings is 1. The first kappa shape index (κ1) is 15.0. The zero-order chi connectivity index (χ0) is 15.0. The summed E-state index contributed by atoms with van der Waals surface area (Å²) in [5, 5.41) is 20.2. The molecule has 1 aromatic heterocycles. The fourth-order valence-corrected chi connectivity index (χ4v) is 2.77. The normalized spacial score (nSPS) is 10.3. The van der Waals surface area contributed by atoms with E-state index >= 15 is 0 Å². The van der Waals surface area contributed by atoms with Crippen LogP contribution in [0.2, 0.25) is 5.15 Å². The molecular weight excluding hydrogens is 413 g/mol. The lowest BCUT2D eigenvalue weighted by atomic mass is 10.1. The van der Waals surface area contributed by atoms with Crippen molar-refractivity contribution in [3.05, 3.63) is 48.0 Å². The van der Waals surface area contributed by atoms with Crippen LogP contribution in [0.1, 0.15) is 5.56 Å². The molecule has 5 nitrogen and oxygen atoms in total. The Kier molecular flexibility index (Phi) is 4.18. The Morgan fingerprint density at radius 3 is 2.55 bits per heavy atom. The molecule has 0 aliphatic heterocycles. The van der Waals surface area contributed by atoms with Gasteiger partial charge in [0.2, 0.25) is 0 Å². The van der Waals surface area contributed by atoms with Crippen LogP contribution in [-0.2, 0) is 7.05 Å². The highest BCUT2D eigenvalue weighted by molar-refractivity contribution is 9.13. The number of halogens is 3. The Hall–Kier alpha value is -1.36. The fourth-order valence-electron chi connectivity index (χ4n) is 1.89. The van der Waals surface area contributed by atoms with Crippen molar-refractivity contribution in [2.24, 2.45) is 7.05 Å². The van der Waals surface area contributed by atoms with E-state index in [1.54, 1.807) is 25.2 Å². The van der Waals surface area contributed by atoms with Gasteiger partial charge in [0.15, 0.2) is 10.7 Å². The minimum Gasteiger partial charge on any atom is -0.328 e. The summed E-state index contributed by atoms with van der Waals surface area (Å²) < 4.78 is 3.06. The van der Waals surface area contributed by atoms with Gasteiger partial charge in [0.25, 0.3) is 0 Å². The number of hydrogen-bond acceptors (Lipinski definition) is 3. The number of aromatic nitrogens is 1. The second kappa shape index (κ2) is 5.56. The molecule has 0 radical (unpaired) electrons. The number of nitriles is 1. The van der Waals surface area contributed by atoms with Crippen LogP contribution in [0.4, 0.5) is 5.69 Å². The summed E-state index contributed by atoms with van der Waals surface area (Å²) in [4.78, 5) is 10.4. The Labute approximate surface area is 136 Å². The van der Waals surface area contributed by atoms with Crippen molar-refractivity contribution in [3.63, 3.8) is 0 Å².